The zero-order chi connectivity index (χ0) is 10.8. The largest absolute Gasteiger partial charge is 0.304 e. The van der Waals surface area contributed by atoms with Gasteiger partial charge >= 0.3 is 0 Å². The molecule has 0 amide bonds. The SMILES string of the molecule is CC(C)(CON)c1ccc(Br)c(Cl)c1. The molecule has 0 aromatic heterocycles. The molecule has 0 atom stereocenters. The third-order valence-corrected chi connectivity index (χ3v) is 3.38. The van der Waals surface area contributed by atoms with E-state index in [9.17, 15) is 0 Å². The maximum Gasteiger partial charge on any atom is 0.0770 e. The van der Waals surface area contributed by atoms with Crippen LogP contribution in [0.2, 0.25) is 5.02 Å². The Morgan fingerprint density at radius 3 is 2.64 bits per heavy atom. The minimum Gasteiger partial charge on any atom is -0.304 e. The highest BCUT2D eigenvalue weighted by Gasteiger charge is 2.21. The monoisotopic (exact) mass is 277 g/mol. The van der Waals surface area contributed by atoms with Gasteiger partial charge in [0, 0.05) is 9.89 Å². The van der Waals surface area contributed by atoms with E-state index in [0.29, 0.717) is 11.6 Å². The van der Waals surface area contributed by atoms with Gasteiger partial charge in [-0.2, -0.15) is 0 Å². The van der Waals surface area contributed by atoms with Crippen molar-refractivity contribution >= 4 is 27.5 Å². The van der Waals surface area contributed by atoms with Gasteiger partial charge in [-0.3, -0.25) is 0 Å². The molecule has 0 aliphatic carbocycles. The topological polar surface area (TPSA) is 35.2 Å². The number of hydrogen-bond donors (Lipinski definition) is 1. The van der Waals surface area contributed by atoms with Crippen LogP contribution in [0.25, 0.3) is 0 Å². The Morgan fingerprint density at radius 2 is 2.14 bits per heavy atom. The van der Waals surface area contributed by atoms with Crippen LogP contribution in [0.15, 0.2) is 22.7 Å². The van der Waals surface area contributed by atoms with Crippen molar-refractivity contribution in [2.24, 2.45) is 5.90 Å². The van der Waals surface area contributed by atoms with Crippen LogP contribution in [0, 0.1) is 0 Å². The molecule has 1 aromatic carbocycles. The Hall–Kier alpha value is -0.0900. The van der Waals surface area contributed by atoms with Gasteiger partial charge in [0.2, 0.25) is 0 Å². The predicted octanol–water partition coefficient (Wildman–Crippen LogP) is 3.27. The van der Waals surface area contributed by atoms with Gasteiger partial charge in [0.1, 0.15) is 0 Å². The molecule has 0 radical (unpaired) electrons. The first kappa shape index (κ1) is 12.0. The van der Waals surface area contributed by atoms with Crippen molar-refractivity contribution < 1.29 is 4.84 Å². The molecule has 1 aromatic rings. The van der Waals surface area contributed by atoms with Crippen LogP contribution in [-0.4, -0.2) is 6.61 Å². The van der Waals surface area contributed by atoms with E-state index < -0.39 is 0 Å². The molecule has 0 fully saturated rings. The van der Waals surface area contributed by atoms with Gasteiger partial charge in [-0.05, 0) is 33.6 Å². The molecule has 14 heavy (non-hydrogen) atoms. The number of rotatable bonds is 3. The standard InChI is InChI=1S/C10H13BrClNO/c1-10(2,6-14-13)7-3-4-8(11)9(12)5-7/h3-5H,6,13H2,1-2H3. The molecular weight excluding hydrogens is 265 g/mol. The fourth-order valence-electron chi connectivity index (χ4n) is 1.21. The van der Waals surface area contributed by atoms with Crippen LogP contribution >= 0.6 is 27.5 Å². The van der Waals surface area contributed by atoms with Crippen LogP contribution in [0.1, 0.15) is 19.4 Å². The first-order valence-corrected chi connectivity index (χ1v) is 5.41. The molecule has 78 valence electrons. The quantitative estimate of drug-likeness (QED) is 0.861. The van der Waals surface area contributed by atoms with Crippen molar-refractivity contribution in [2.75, 3.05) is 6.61 Å². The lowest BCUT2D eigenvalue weighted by Crippen LogP contribution is -2.26. The van der Waals surface area contributed by atoms with Crippen molar-refractivity contribution in [3.63, 3.8) is 0 Å². The van der Waals surface area contributed by atoms with Gasteiger partial charge in [0.05, 0.1) is 11.6 Å². The van der Waals surface area contributed by atoms with Crippen LogP contribution in [0.4, 0.5) is 0 Å². The van der Waals surface area contributed by atoms with Gasteiger partial charge in [-0.25, -0.2) is 5.90 Å². The molecule has 0 aliphatic rings. The molecule has 2 nitrogen and oxygen atoms in total. The van der Waals surface area contributed by atoms with Crippen LogP contribution in [-0.2, 0) is 10.3 Å². The van der Waals surface area contributed by atoms with Crippen molar-refractivity contribution in [3.8, 4) is 0 Å². The normalized spacial score (nSPS) is 11.8. The summed E-state index contributed by atoms with van der Waals surface area (Å²) in [5.41, 5.74) is 0.982. The van der Waals surface area contributed by atoms with Crippen molar-refractivity contribution in [3.05, 3.63) is 33.3 Å². The van der Waals surface area contributed by atoms with Crippen molar-refractivity contribution in [1.82, 2.24) is 0 Å². The van der Waals surface area contributed by atoms with Crippen LogP contribution in [0.5, 0.6) is 0 Å². The van der Waals surface area contributed by atoms with E-state index in [-0.39, 0.29) is 5.41 Å². The summed E-state index contributed by atoms with van der Waals surface area (Å²) in [6, 6.07) is 5.86. The summed E-state index contributed by atoms with van der Waals surface area (Å²) in [5, 5.41) is 0.701. The molecule has 4 heteroatoms. The van der Waals surface area contributed by atoms with E-state index in [1.165, 1.54) is 0 Å². The molecule has 0 spiro atoms. The Bertz CT molecular complexity index is 328. The molecule has 2 N–H and O–H groups in total. The van der Waals surface area contributed by atoms with Gasteiger partial charge in [0.15, 0.2) is 0 Å². The van der Waals surface area contributed by atoms with Gasteiger partial charge in [-0.1, -0.05) is 31.5 Å². The molecule has 0 saturated heterocycles. The second kappa shape index (κ2) is 4.62. The molecule has 1 rings (SSSR count). The third-order valence-electron chi connectivity index (χ3n) is 2.15. The predicted molar refractivity (Wildman–Crippen MR) is 62.3 cm³/mol. The Morgan fingerprint density at radius 1 is 1.50 bits per heavy atom. The Kier molecular flexibility index (Phi) is 3.95. The highest BCUT2D eigenvalue weighted by atomic mass is 79.9. The lowest BCUT2D eigenvalue weighted by molar-refractivity contribution is 0.0964. The van der Waals surface area contributed by atoms with E-state index in [1.54, 1.807) is 0 Å². The molecular formula is C10H13BrClNO. The maximum absolute atomic E-state index is 6.00. The smallest absolute Gasteiger partial charge is 0.0770 e. The molecule has 0 saturated carbocycles. The summed E-state index contributed by atoms with van der Waals surface area (Å²) < 4.78 is 0.896. The third kappa shape index (κ3) is 2.70. The Balaban J connectivity index is 3.01. The molecule has 0 heterocycles. The second-order valence-electron chi connectivity index (χ2n) is 3.82. The van der Waals surface area contributed by atoms with Gasteiger partial charge in [-0.15, -0.1) is 0 Å². The average molecular weight is 279 g/mol. The van der Waals surface area contributed by atoms with E-state index >= 15 is 0 Å². The minimum atomic E-state index is -0.126. The summed E-state index contributed by atoms with van der Waals surface area (Å²) in [5.74, 6) is 5.08. The summed E-state index contributed by atoms with van der Waals surface area (Å²) >= 11 is 9.35. The number of nitrogens with two attached hydrogens (primary N) is 1. The zero-order valence-electron chi connectivity index (χ0n) is 8.18. The highest BCUT2D eigenvalue weighted by molar-refractivity contribution is 9.10. The Labute approximate surface area is 97.5 Å². The van der Waals surface area contributed by atoms with E-state index in [2.05, 4.69) is 34.6 Å². The highest BCUT2D eigenvalue weighted by Crippen LogP contribution is 2.30. The van der Waals surface area contributed by atoms with Crippen LogP contribution < -0.4 is 5.90 Å². The minimum absolute atomic E-state index is 0.126. The van der Waals surface area contributed by atoms with E-state index in [4.69, 9.17) is 17.5 Å². The fourth-order valence-corrected chi connectivity index (χ4v) is 1.64. The first-order chi connectivity index (χ1) is 6.47. The average Bonchev–Trinajstić information content (AvgIpc) is 2.09. The number of hydrogen-bond acceptors (Lipinski definition) is 2. The zero-order valence-corrected chi connectivity index (χ0v) is 10.5. The van der Waals surface area contributed by atoms with Crippen molar-refractivity contribution in [2.45, 2.75) is 19.3 Å². The summed E-state index contributed by atoms with van der Waals surface area (Å²) in [6.07, 6.45) is 0. The second-order valence-corrected chi connectivity index (χ2v) is 5.09. The first-order valence-electron chi connectivity index (χ1n) is 4.24. The number of halogens is 2. The van der Waals surface area contributed by atoms with E-state index in [1.807, 2.05) is 18.2 Å². The van der Waals surface area contributed by atoms with E-state index in [0.717, 1.165) is 10.0 Å². The molecule has 0 aliphatic heterocycles. The lowest BCUT2D eigenvalue weighted by Gasteiger charge is -2.24. The lowest BCUT2D eigenvalue weighted by atomic mass is 9.86. The summed E-state index contributed by atoms with van der Waals surface area (Å²) in [4.78, 5) is 4.68. The summed E-state index contributed by atoms with van der Waals surface area (Å²) in [6.45, 7) is 4.57. The van der Waals surface area contributed by atoms with Crippen molar-refractivity contribution in [1.29, 1.82) is 0 Å². The van der Waals surface area contributed by atoms with Gasteiger partial charge < -0.3 is 4.84 Å². The molecule has 0 bridgehead atoms. The number of benzene rings is 1. The van der Waals surface area contributed by atoms with Gasteiger partial charge in [0.25, 0.3) is 0 Å². The fraction of sp³-hybridized carbons (Fsp3) is 0.400. The van der Waals surface area contributed by atoms with Crippen LogP contribution in [0.3, 0.4) is 0 Å². The summed E-state index contributed by atoms with van der Waals surface area (Å²) in [7, 11) is 0. The maximum atomic E-state index is 6.00. The molecule has 0 unspecified atom stereocenters.